The van der Waals surface area contributed by atoms with E-state index in [2.05, 4.69) is 49.6 Å². The van der Waals surface area contributed by atoms with Crippen molar-refractivity contribution in [3.05, 3.63) is 65.6 Å². The lowest BCUT2D eigenvalue weighted by Crippen LogP contribution is -2.27. The number of aromatic nitrogens is 3. The molecule has 0 saturated heterocycles. The Labute approximate surface area is 153 Å². The number of fused-ring (bicyclic) bond motifs is 1. The second-order valence-corrected chi connectivity index (χ2v) is 7.43. The first-order chi connectivity index (χ1) is 12.5. The largest absolute Gasteiger partial charge is 0.332 e. The van der Waals surface area contributed by atoms with E-state index in [4.69, 9.17) is 5.10 Å². The van der Waals surface area contributed by atoms with Crippen molar-refractivity contribution in [2.24, 2.45) is 5.92 Å². The van der Waals surface area contributed by atoms with E-state index in [1.165, 1.54) is 5.56 Å². The molecule has 3 heterocycles. The predicted octanol–water partition coefficient (Wildman–Crippen LogP) is 3.86. The summed E-state index contributed by atoms with van der Waals surface area (Å²) in [5, 5.41) is 4.86. The monoisotopic (exact) mass is 348 g/mol. The first kappa shape index (κ1) is 16.6. The van der Waals surface area contributed by atoms with Crippen LogP contribution in [-0.2, 0) is 17.9 Å². The van der Waals surface area contributed by atoms with E-state index < -0.39 is 0 Å². The van der Waals surface area contributed by atoms with Gasteiger partial charge in [0.15, 0.2) is 0 Å². The molecule has 0 aliphatic carbocycles. The number of amides is 1. The Hall–Kier alpha value is -2.82. The van der Waals surface area contributed by atoms with E-state index in [0.717, 1.165) is 22.8 Å². The highest BCUT2D eigenvalue weighted by atomic mass is 16.2. The molecule has 1 aliphatic heterocycles. The van der Waals surface area contributed by atoms with Crippen molar-refractivity contribution < 1.29 is 4.79 Å². The molecule has 1 aromatic carbocycles. The number of rotatable bonds is 4. The SMILES string of the molecule is Cc1ccc(-n2nc3c(c2-n2cccc2)CN(C(=O)CC(C)C)C3)cc1. The third-order valence-corrected chi connectivity index (χ3v) is 4.79. The van der Waals surface area contributed by atoms with Gasteiger partial charge in [-0.2, -0.15) is 5.10 Å². The van der Waals surface area contributed by atoms with E-state index in [1.807, 2.05) is 34.1 Å². The van der Waals surface area contributed by atoms with Gasteiger partial charge in [-0.05, 0) is 37.1 Å². The van der Waals surface area contributed by atoms with Crippen LogP contribution in [0.15, 0.2) is 48.8 Å². The maximum Gasteiger partial charge on any atom is 0.223 e. The average Bonchev–Trinajstić information content (AvgIpc) is 3.30. The molecule has 0 radical (unpaired) electrons. The van der Waals surface area contributed by atoms with Crippen molar-refractivity contribution in [2.75, 3.05) is 0 Å². The van der Waals surface area contributed by atoms with Crippen molar-refractivity contribution in [3.8, 4) is 11.5 Å². The fourth-order valence-electron chi connectivity index (χ4n) is 3.46. The van der Waals surface area contributed by atoms with Gasteiger partial charge in [0.05, 0.1) is 24.5 Å². The minimum atomic E-state index is 0.207. The fourth-order valence-corrected chi connectivity index (χ4v) is 3.46. The van der Waals surface area contributed by atoms with E-state index in [-0.39, 0.29) is 5.91 Å². The van der Waals surface area contributed by atoms with Crippen LogP contribution in [0.4, 0.5) is 0 Å². The molecular weight excluding hydrogens is 324 g/mol. The molecule has 0 fully saturated rings. The van der Waals surface area contributed by atoms with E-state index >= 15 is 0 Å². The van der Waals surface area contributed by atoms with E-state index in [9.17, 15) is 4.79 Å². The van der Waals surface area contributed by atoms with Gasteiger partial charge in [0.2, 0.25) is 5.91 Å². The maximum absolute atomic E-state index is 12.5. The first-order valence-electron chi connectivity index (χ1n) is 9.12. The minimum Gasteiger partial charge on any atom is -0.332 e. The topological polar surface area (TPSA) is 43.1 Å². The molecule has 5 heteroatoms. The van der Waals surface area contributed by atoms with E-state index in [0.29, 0.717) is 25.4 Å². The molecule has 134 valence electrons. The fraction of sp³-hybridized carbons (Fsp3) is 0.333. The van der Waals surface area contributed by atoms with Crippen LogP contribution in [0.1, 0.15) is 37.1 Å². The maximum atomic E-state index is 12.5. The highest BCUT2D eigenvalue weighted by Gasteiger charge is 2.31. The first-order valence-corrected chi connectivity index (χ1v) is 9.12. The Morgan fingerprint density at radius 2 is 1.81 bits per heavy atom. The molecule has 1 aliphatic rings. The molecule has 0 bridgehead atoms. The second-order valence-electron chi connectivity index (χ2n) is 7.43. The number of benzene rings is 1. The summed E-state index contributed by atoms with van der Waals surface area (Å²) in [6.45, 7) is 7.46. The highest BCUT2D eigenvalue weighted by molar-refractivity contribution is 5.77. The number of nitrogens with zero attached hydrogens (tertiary/aromatic N) is 4. The molecule has 3 aromatic rings. The van der Waals surface area contributed by atoms with E-state index in [1.54, 1.807) is 0 Å². The standard InChI is InChI=1S/C21H24N4O/c1-15(2)12-20(26)24-13-18-19(14-24)22-25(17-8-6-16(3)7-9-17)21(18)23-10-4-5-11-23/h4-11,15H,12-14H2,1-3H3. The second kappa shape index (κ2) is 6.48. The average molecular weight is 348 g/mol. The Morgan fingerprint density at radius 1 is 1.12 bits per heavy atom. The molecule has 0 saturated carbocycles. The third-order valence-electron chi connectivity index (χ3n) is 4.79. The summed E-state index contributed by atoms with van der Waals surface area (Å²) in [6.07, 6.45) is 4.64. The van der Waals surface area contributed by atoms with Crippen LogP contribution in [0, 0.1) is 12.8 Å². The zero-order valence-corrected chi connectivity index (χ0v) is 15.5. The van der Waals surface area contributed by atoms with Gasteiger partial charge in [-0.15, -0.1) is 0 Å². The zero-order valence-electron chi connectivity index (χ0n) is 15.5. The molecule has 2 aromatic heterocycles. The van der Waals surface area contributed by atoms with Crippen LogP contribution in [0.5, 0.6) is 0 Å². The molecule has 26 heavy (non-hydrogen) atoms. The Kier molecular flexibility index (Phi) is 4.15. The summed E-state index contributed by atoms with van der Waals surface area (Å²) >= 11 is 0. The van der Waals surface area contributed by atoms with Crippen molar-refractivity contribution >= 4 is 5.91 Å². The van der Waals surface area contributed by atoms with Crippen LogP contribution in [0.2, 0.25) is 0 Å². The normalized spacial score (nSPS) is 13.5. The molecule has 0 atom stereocenters. The highest BCUT2D eigenvalue weighted by Crippen LogP contribution is 2.31. The third kappa shape index (κ3) is 2.94. The predicted molar refractivity (Wildman–Crippen MR) is 101 cm³/mol. The number of carbonyl (C=O) groups excluding carboxylic acids is 1. The van der Waals surface area contributed by atoms with Crippen LogP contribution in [0.3, 0.4) is 0 Å². The molecule has 0 unspecified atom stereocenters. The van der Waals surface area contributed by atoms with Crippen LogP contribution in [0.25, 0.3) is 11.5 Å². The molecule has 5 nitrogen and oxygen atoms in total. The number of hydrogen-bond donors (Lipinski definition) is 0. The zero-order chi connectivity index (χ0) is 18.3. The molecule has 0 spiro atoms. The van der Waals surface area contributed by atoms with Crippen molar-refractivity contribution in [2.45, 2.75) is 40.3 Å². The van der Waals surface area contributed by atoms with Gasteiger partial charge in [-0.25, -0.2) is 4.68 Å². The lowest BCUT2D eigenvalue weighted by Gasteiger charge is -2.18. The lowest BCUT2D eigenvalue weighted by atomic mass is 10.1. The summed E-state index contributed by atoms with van der Waals surface area (Å²) in [5.74, 6) is 1.60. The van der Waals surface area contributed by atoms with Gasteiger partial charge in [0.1, 0.15) is 5.82 Å². The minimum absolute atomic E-state index is 0.207. The van der Waals surface area contributed by atoms with Gasteiger partial charge in [0, 0.05) is 24.4 Å². The Morgan fingerprint density at radius 3 is 2.46 bits per heavy atom. The Balaban J connectivity index is 1.74. The van der Waals surface area contributed by atoms with Gasteiger partial charge >= 0.3 is 0 Å². The number of carbonyl (C=O) groups is 1. The summed E-state index contributed by atoms with van der Waals surface area (Å²) in [5.41, 5.74) is 4.39. The summed E-state index contributed by atoms with van der Waals surface area (Å²) in [4.78, 5) is 14.4. The smallest absolute Gasteiger partial charge is 0.223 e. The van der Waals surface area contributed by atoms with Crippen molar-refractivity contribution in [1.82, 2.24) is 19.2 Å². The molecular formula is C21H24N4O. The van der Waals surface area contributed by atoms with Gasteiger partial charge in [-0.3, -0.25) is 4.79 Å². The van der Waals surface area contributed by atoms with Crippen LogP contribution < -0.4 is 0 Å². The van der Waals surface area contributed by atoms with Gasteiger partial charge in [0.25, 0.3) is 0 Å². The molecule has 1 amide bonds. The summed E-state index contributed by atoms with van der Waals surface area (Å²) in [7, 11) is 0. The van der Waals surface area contributed by atoms with Gasteiger partial charge in [-0.1, -0.05) is 31.5 Å². The quantitative estimate of drug-likeness (QED) is 0.718. The van der Waals surface area contributed by atoms with Crippen molar-refractivity contribution in [3.63, 3.8) is 0 Å². The molecule has 0 N–H and O–H groups in total. The summed E-state index contributed by atoms with van der Waals surface area (Å²) < 4.78 is 4.08. The lowest BCUT2D eigenvalue weighted by molar-refractivity contribution is -0.132. The van der Waals surface area contributed by atoms with Crippen molar-refractivity contribution in [1.29, 1.82) is 0 Å². The molecule has 4 rings (SSSR count). The number of hydrogen-bond acceptors (Lipinski definition) is 2. The van der Waals surface area contributed by atoms with Gasteiger partial charge < -0.3 is 9.47 Å². The number of aryl methyl sites for hydroxylation is 1. The summed E-state index contributed by atoms with van der Waals surface area (Å²) in [6, 6.07) is 12.4. The van der Waals surface area contributed by atoms with Crippen LogP contribution in [-0.4, -0.2) is 25.2 Å². The van der Waals surface area contributed by atoms with Crippen LogP contribution >= 0.6 is 0 Å². The Bertz CT molecular complexity index is 920.